The Bertz CT molecular complexity index is 3560. The smallest absolute Gasteiger partial charge is 0.326 e. The molecule has 6 aromatic rings. The molecule has 2 saturated heterocycles. The van der Waals surface area contributed by atoms with Gasteiger partial charge in [-0.1, -0.05) is 100.0 Å². The minimum atomic E-state index is -1.02. The van der Waals surface area contributed by atoms with Gasteiger partial charge in [-0.3, -0.25) is 29.1 Å². The maximum Gasteiger partial charge on any atom is 0.326 e. The van der Waals surface area contributed by atoms with E-state index in [2.05, 4.69) is 79.2 Å². The Morgan fingerprint density at radius 1 is 0.872 bits per heavy atom. The first-order valence-corrected chi connectivity index (χ1v) is 30.9. The molecule has 0 unspecified atom stereocenters. The molecule has 20 heteroatoms. The number of nitriles is 1. The number of hydrogen-bond donors (Lipinski definition) is 2. The van der Waals surface area contributed by atoms with Gasteiger partial charge >= 0.3 is 6.03 Å². The lowest BCUT2D eigenvalue weighted by molar-refractivity contribution is -0.121. The number of nitrogens with two attached hydrogens (primary N) is 1. The van der Waals surface area contributed by atoms with Crippen LogP contribution in [0.2, 0.25) is 10.0 Å². The second-order valence-corrected chi connectivity index (χ2v) is 25.2. The molecule has 17 nitrogen and oxygen atoms in total. The number of piperazine rings is 1. The quantitative estimate of drug-likeness (QED) is 0.0825. The molecule has 2 bridgehead atoms. The monoisotopic (exact) mass is 1210 g/mol. The summed E-state index contributed by atoms with van der Waals surface area (Å²) in [6.45, 7) is 17.8. The summed E-state index contributed by atoms with van der Waals surface area (Å²) in [5.41, 5.74) is 10.4. The average Bonchev–Trinajstić information content (AvgIpc) is 1.53. The van der Waals surface area contributed by atoms with Crippen molar-refractivity contribution in [3.63, 3.8) is 0 Å². The van der Waals surface area contributed by atoms with E-state index in [1.165, 1.54) is 29.3 Å². The van der Waals surface area contributed by atoms with E-state index in [0.717, 1.165) is 86.8 Å². The summed E-state index contributed by atoms with van der Waals surface area (Å²) in [5.74, 6) is 0.978. The van der Waals surface area contributed by atoms with Crippen molar-refractivity contribution in [1.82, 2.24) is 44.7 Å². The predicted octanol–water partition coefficient (Wildman–Crippen LogP) is 12.0. The van der Waals surface area contributed by atoms with Crippen molar-refractivity contribution in [1.29, 1.82) is 5.26 Å². The summed E-state index contributed by atoms with van der Waals surface area (Å²) < 4.78 is 22.9. The zero-order valence-corrected chi connectivity index (χ0v) is 51.9. The lowest BCUT2D eigenvalue weighted by atomic mass is 9.71. The van der Waals surface area contributed by atoms with Crippen molar-refractivity contribution in [3.05, 3.63) is 152 Å². The number of aliphatic imine (C=N–C) groups is 1. The van der Waals surface area contributed by atoms with Gasteiger partial charge in [-0.25, -0.2) is 19.2 Å². The van der Waals surface area contributed by atoms with Crippen molar-refractivity contribution in [2.45, 2.75) is 135 Å². The van der Waals surface area contributed by atoms with Crippen LogP contribution in [0.1, 0.15) is 155 Å². The van der Waals surface area contributed by atoms with E-state index < -0.39 is 16.9 Å². The van der Waals surface area contributed by atoms with E-state index in [0.29, 0.717) is 94.6 Å². The summed E-state index contributed by atoms with van der Waals surface area (Å²) in [6, 6.07) is 27.7. The maximum atomic E-state index is 15.6. The number of nitrogen functional groups attached to an aromatic ring is 1. The molecule has 0 radical (unpaired) electrons. The number of benzene rings is 4. The molecule has 0 spiro atoms. The van der Waals surface area contributed by atoms with Gasteiger partial charge < -0.3 is 30.5 Å². The van der Waals surface area contributed by atoms with Gasteiger partial charge in [0.1, 0.15) is 34.5 Å². The van der Waals surface area contributed by atoms with Crippen LogP contribution in [0.4, 0.5) is 20.8 Å². The Morgan fingerprint density at radius 2 is 1.55 bits per heavy atom. The van der Waals surface area contributed by atoms with Crippen molar-refractivity contribution >= 4 is 58.5 Å². The summed E-state index contributed by atoms with van der Waals surface area (Å²) in [6.07, 6.45) is 9.15. The van der Waals surface area contributed by atoms with Gasteiger partial charge in [-0.2, -0.15) is 10.4 Å². The van der Waals surface area contributed by atoms with Gasteiger partial charge in [-0.05, 0) is 135 Å². The molecule has 0 aliphatic carbocycles. The van der Waals surface area contributed by atoms with Crippen LogP contribution in [0.25, 0.3) is 11.3 Å². The third kappa shape index (κ3) is 12.4. The molecule has 2 fully saturated rings. The Morgan fingerprint density at radius 3 is 2.23 bits per heavy atom. The minimum absolute atomic E-state index is 0.0560. The van der Waals surface area contributed by atoms with E-state index in [9.17, 15) is 19.2 Å². The number of carbonyl (C=O) groups excluding carboxylic acids is 3. The van der Waals surface area contributed by atoms with Crippen molar-refractivity contribution in [3.8, 4) is 23.1 Å². The molecular formula is C66H78Cl2FN13O4. The van der Waals surface area contributed by atoms with Gasteiger partial charge in [-0.15, -0.1) is 0 Å². The molecule has 3 N–H and O–H groups in total. The first kappa shape index (κ1) is 61.5. The van der Waals surface area contributed by atoms with E-state index in [1.807, 2.05) is 70.2 Å². The summed E-state index contributed by atoms with van der Waals surface area (Å²) in [4.78, 5) is 67.8. The number of aromatic nitrogens is 4. The number of unbranched alkanes of at least 4 members (excludes halogenated alkanes) is 5. The van der Waals surface area contributed by atoms with Gasteiger partial charge in [0, 0.05) is 68.3 Å². The summed E-state index contributed by atoms with van der Waals surface area (Å²) >= 11 is 13.0. The molecule has 452 valence electrons. The molecule has 4 amide bonds. The zero-order valence-electron chi connectivity index (χ0n) is 50.4. The number of fused-ring (bicyclic) bond motifs is 8. The first-order valence-electron chi connectivity index (χ1n) is 30.2. The average molecular weight is 1210 g/mol. The van der Waals surface area contributed by atoms with E-state index in [4.69, 9.17) is 43.6 Å². The molecule has 4 aliphatic rings. The minimum Gasteiger partial charge on any atom is -0.493 e. The van der Waals surface area contributed by atoms with Crippen molar-refractivity contribution < 1.29 is 23.5 Å². The Hall–Kier alpha value is -7.59. The lowest BCUT2D eigenvalue weighted by Gasteiger charge is -2.47. The SMILES string of the molecule is CCOc1cc(C(C)(C)C)ccc1C1=N[C@@](C)(c2ccc(Cl)cc2)[C@@](C)(c2ccc(Cl)cc2)N1C(=O)N1CCN(CCCCCCCCC(=O)NCCn2nc(C#N)c3c2CN(C)C(=O)c2ccc(F)cc2[C@H]2CCCN2c2nc-3cnc2N)CC1. The molecule has 2 aromatic heterocycles. The number of ether oxygens (including phenoxy) is 1. The molecule has 86 heavy (non-hydrogen) atoms. The number of carbonyl (C=O) groups is 3. The van der Waals surface area contributed by atoms with Crippen LogP contribution in [0.5, 0.6) is 5.75 Å². The molecule has 3 atom stereocenters. The van der Waals surface area contributed by atoms with Gasteiger partial charge in [0.2, 0.25) is 5.91 Å². The second-order valence-electron chi connectivity index (χ2n) is 24.4. The van der Waals surface area contributed by atoms with Crippen LogP contribution in [0, 0.1) is 17.1 Å². The highest BCUT2D eigenvalue weighted by Crippen LogP contribution is 2.54. The lowest BCUT2D eigenvalue weighted by Crippen LogP contribution is -2.60. The van der Waals surface area contributed by atoms with E-state index in [1.54, 1.807) is 11.7 Å². The van der Waals surface area contributed by atoms with Gasteiger partial charge in [0.05, 0.1) is 54.4 Å². The van der Waals surface area contributed by atoms with E-state index >= 15 is 4.79 Å². The summed E-state index contributed by atoms with van der Waals surface area (Å²) in [7, 11) is 1.67. The Balaban J connectivity index is 0.726. The molecule has 10 rings (SSSR count). The number of hydrogen-bond acceptors (Lipinski definition) is 12. The number of urea groups is 1. The molecule has 4 aliphatic heterocycles. The normalized spacial score (nSPS) is 19.7. The fourth-order valence-corrected chi connectivity index (χ4v) is 13.0. The number of nitrogens with zero attached hydrogens (tertiary/aromatic N) is 11. The van der Waals surface area contributed by atoms with Crippen LogP contribution in [0.3, 0.4) is 0 Å². The molecular weight excluding hydrogens is 1130 g/mol. The topological polar surface area (TPSA) is 194 Å². The van der Waals surface area contributed by atoms with Gasteiger partial charge in [0.25, 0.3) is 5.91 Å². The Kier molecular flexibility index (Phi) is 18.4. The van der Waals surface area contributed by atoms with Crippen LogP contribution in [0.15, 0.2) is 96.1 Å². The van der Waals surface area contributed by atoms with Gasteiger partial charge in [0.15, 0.2) is 17.3 Å². The number of rotatable bonds is 17. The molecule has 6 heterocycles. The predicted molar refractivity (Wildman–Crippen MR) is 335 cm³/mol. The van der Waals surface area contributed by atoms with Crippen LogP contribution < -0.4 is 20.7 Å². The number of nitrogens with one attached hydrogen (secondary N) is 1. The highest BCUT2D eigenvalue weighted by Gasteiger charge is 2.60. The number of anilines is 2. The van der Waals surface area contributed by atoms with Crippen molar-refractivity contribution in [2.75, 3.05) is 70.1 Å². The summed E-state index contributed by atoms with van der Waals surface area (Å²) in [5, 5.41) is 19.3. The van der Waals surface area contributed by atoms with Crippen LogP contribution >= 0.6 is 23.2 Å². The maximum absolute atomic E-state index is 15.6. The third-order valence-corrected chi connectivity index (χ3v) is 18.3. The first-order chi connectivity index (χ1) is 41.2. The fraction of sp³-hybridized carbons (Fsp3) is 0.455. The Labute approximate surface area is 514 Å². The number of amidine groups is 1. The third-order valence-electron chi connectivity index (χ3n) is 17.8. The van der Waals surface area contributed by atoms with Crippen molar-refractivity contribution in [2.24, 2.45) is 4.99 Å². The highest BCUT2D eigenvalue weighted by atomic mass is 35.5. The standard InChI is InChI=1S/C66H78Cl2FN13O4/c1-8-86-56-38-45(64(2,3)4)22-28-50(56)60-75-65(5,43-18-23-46(67)24-19-43)66(6,44-20-25-47(68)26-21-44)82(60)63(85)79-36-34-78(35-37-79)31-14-12-10-9-11-13-17-57(83)72-30-33-81-55-42-77(7)62(84)49-29-27-48(69)39-51(49)54-16-15-32-80(54)61-59(71)73-41-53(74-61)58(55)52(40-70)76-81/h18-29,38-39,41,54H,8-17,30-37,42H2,1-7H3,(H2,71,73)(H,72,83)/t54-,65+,66-/m1/s1. The second kappa shape index (κ2) is 25.8. The molecule has 0 saturated carbocycles. The highest BCUT2D eigenvalue weighted by molar-refractivity contribution is 6.30. The molecule has 4 aromatic carbocycles. The number of amides is 4. The fourth-order valence-electron chi connectivity index (χ4n) is 12.8. The number of halogens is 3. The van der Waals surface area contributed by atoms with E-state index in [-0.39, 0.29) is 60.4 Å². The largest absolute Gasteiger partial charge is 0.493 e. The van der Waals surface area contributed by atoms with Crippen LogP contribution in [-0.4, -0.2) is 122 Å². The zero-order chi connectivity index (χ0) is 61.1. The van der Waals surface area contributed by atoms with Crippen LogP contribution in [-0.2, 0) is 34.4 Å².